The molecule has 0 radical (unpaired) electrons. The number of anilines is 1. The van der Waals surface area contributed by atoms with Crippen LogP contribution in [-0.2, 0) is 14.3 Å². The maximum Gasteiger partial charge on any atom is 0.337 e. The maximum absolute atomic E-state index is 12.2. The predicted octanol–water partition coefficient (Wildman–Crippen LogP) is 1.81. The van der Waals surface area contributed by atoms with Crippen LogP contribution in [0.15, 0.2) is 24.3 Å². The van der Waals surface area contributed by atoms with E-state index in [1.165, 1.54) is 19.2 Å². The number of hydrogen-bond donors (Lipinski definition) is 1. The number of benzene rings is 1. The van der Waals surface area contributed by atoms with E-state index in [9.17, 15) is 14.4 Å². The molecule has 1 unspecified atom stereocenters. The number of nitrogens with zero attached hydrogens (tertiary/aromatic N) is 1. The molecule has 1 aromatic rings. The molecule has 0 saturated carbocycles. The largest absolute Gasteiger partial charge is 0.465 e. The van der Waals surface area contributed by atoms with Gasteiger partial charge in [-0.05, 0) is 50.5 Å². The summed E-state index contributed by atoms with van der Waals surface area (Å²) in [6.07, 6.45) is 2.94. The van der Waals surface area contributed by atoms with Gasteiger partial charge in [0.05, 0.1) is 12.7 Å². The molecule has 6 nitrogen and oxygen atoms in total. The second kappa shape index (κ2) is 7.06. The Morgan fingerprint density at radius 3 is 2.45 bits per heavy atom. The van der Waals surface area contributed by atoms with E-state index in [2.05, 4.69) is 10.1 Å². The van der Waals surface area contributed by atoms with Crippen molar-refractivity contribution in [1.29, 1.82) is 0 Å². The van der Waals surface area contributed by atoms with Crippen LogP contribution in [0.2, 0.25) is 0 Å². The van der Waals surface area contributed by atoms with Crippen molar-refractivity contribution in [2.24, 2.45) is 0 Å². The fraction of sp³-hybridized carbons (Fsp3) is 0.438. The summed E-state index contributed by atoms with van der Waals surface area (Å²) in [5, 5.41) is 2.56. The number of esters is 1. The number of nitrogens with one attached hydrogen (secondary N) is 1. The van der Waals surface area contributed by atoms with Crippen LogP contribution in [-0.4, -0.2) is 42.4 Å². The molecule has 1 aliphatic heterocycles. The lowest BCUT2D eigenvalue weighted by Gasteiger charge is -2.32. The Morgan fingerprint density at radius 1 is 1.18 bits per heavy atom. The van der Waals surface area contributed by atoms with E-state index >= 15 is 0 Å². The van der Waals surface area contributed by atoms with E-state index in [1.807, 2.05) is 6.92 Å². The third-order valence-electron chi connectivity index (χ3n) is 3.82. The van der Waals surface area contributed by atoms with Crippen LogP contribution >= 0.6 is 0 Å². The summed E-state index contributed by atoms with van der Waals surface area (Å²) in [6.45, 7) is 2.57. The smallest absolute Gasteiger partial charge is 0.337 e. The number of amides is 2. The van der Waals surface area contributed by atoms with E-state index in [4.69, 9.17) is 0 Å². The molecule has 2 amide bonds. The summed E-state index contributed by atoms with van der Waals surface area (Å²) in [6, 6.07) is 6.30. The van der Waals surface area contributed by atoms with Crippen LogP contribution in [0.25, 0.3) is 0 Å². The molecule has 1 aromatic carbocycles. The van der Waals surface area contributed by atoms with Gasteiger partial charge in [0.15, 0.2) is 0 Å². The van der Waals surface area contributed by atoms with Gasteiger partial charge in [0, 0.05) is 18.3 Å². The van der Waals surface area contributed by atoms with E-state index in [0.717, 1.165) is 19.3 Å². The van der Waals surface area contributed by atoms with Gasteiger partial charge in [0.25, 0.3) is 0 Å². The Morgan fingerprint density at radius 2 is 1.86 bits per heavy atom. The van der Waals surface area contributed by atoms with Crippen LogP contribution in [0, 0.1) is 0 Å². The third kappa shape index (κ3) is 3.63. The lowest BCUT2D eigenvalue weighted by molar-refractivity contribution is -0.145. The fourth-order valence-corrected chi connectivity index (χ4v) is 2.52. The lowest BCUT2D eigenvalue weighted by Crippen LogP contribution is -2.47. The SMILES string of the molecule is COC(=O)c1ccc(NC(=O)C(=O)N2CCCCC2C)cc1. The zero-order chi connectivity index (χ0) is 16.1. The van der Waals surface area contributed by atoms with E-state index in [1.54, 1.807) is 17.0 Å². The van der Waals surface area contributed by atoms with Gasteiger partial charge in [-0.2, -0.15) is 0 Å². The van der Waals surface area contributed by atoms with E-state index in [0.29, 0.717) is 17.8 Å². The number of carbonyl (C=O) groups is 3. The number of rotatable bonds is 2. The van der Waals surface area contributed by atoms with Gasteiger partial charge in [0.1, 0.15) is 0 Å². The molecule has 118 valence electrons. The topological polar surface area (TPSA) is 75.7 Å². The monoisotopic (exact) mass is 304 g/mol. The van der Waals surface area contributed by atoms with Crippen molar-refractivity contribution in [2.45, 2.75) is 32.2 Å². The van der Waals surface area contributed by atoms with Crippen molar-refractivity contribution in [3.63, 3.8) is 0 Å². The number of carbonyl (C=O) groups excluding carboxylic acids is 3. The number of piperidine rings is 1. The molecule has 22 heavy (non-hydrogen) atoms. The highest BCUT2D eigenvalue weighted by Crippen LogP contribution is 2.17. The van der Waals surface area contributed by atoms with Crippen LogP contribution in [0.1, 0.15) is 36.5 Å². The van der Waals surface area contributed by atoms with Gasteiger partial charge in [-0.25, -0.2) is 4.79 Å². The zero-order valence-electron chi connectivity index (χ0n) is 12.8. The van der Waals surface area contributed by atoms with Crippen molar-refractivity contribution in [2.75, 3.05) is 19.0 Å². The first-order valence-electron chi connectivity index (χ1n) is 7.33. The Hall–Kier alpha value is -2.37. The van der Waals surface area contributed by atoms with Gasteiger partial charge in [-0.15, -0.1) is 0 Å². The summed E-state index contributed by atoms with van der Waals surface area (Å²) in [4.78, 5) is 37.2. The molecular weight excluding hydrogens is 284 g/mol. The van der Waals surface area contributed by atoms with Crippen molar-refractivity contribution in [1.82, 2.24) is 4.90 Å². The van der Waals surface area contributed by atoms with Gasteiger partial charge in [0.2, 0.25) is 0 Å². The molecule has 6 heteroatoms. The van der Waals surface area contributed by atoms with Crippen LogP contribution < -0.4 is 5.32 Å². The number of methoxy groups -OCH3 is 1. The second-order valence-electron chi connectivity index (χ2n) is 5.37. The highest BCUT2D eigenvalue weighted by molar-refractivity contribution is 6.39. The molecular formula is C16H20N2O4. The minimum Gasteiger partial charge on any atom is -0.465 e. The normalized spacial score (nSPS) is 17.7. The first kappa shape index (κ1) is 16.0. The molecule has 0 bridgehead atoms. The minimum absolute atomic E-state index is 0.0914. The van der Waals surface area contributed by atoms with Crippen LogP contribution in [0.4, 0.5) is 5.69 Å². The zero-order valence-corrected chi connectivity index (χ0v) is 12.8. The van der Waals surface area contributed by atoms with E-state index in [-0.39, 0.29) is 6.04 Å². The summed E-state index contributed by atoms with van der Waals surface area (Å²) < 4.78 is 4.60. The standard InChI is InChI=1S/C16H20N2O4/c1-11-5-3-4-10-18(11)15(20)14(19)17-13-8-6-12(7-9-13)16(21)22-2/h6-9,11H,3-5,10H2,1-2H3,(H,17,19). The van der Waals surface area contributed by atoms with Gasteiger partial charge in [-0.1, -0.05) is 0 Å². The molecule has 1 aliphatic rings. The molecule has 1 fully saturated rings. The van der Waals surface area contributed by atoms with Crippen molar-refractivity contribution < 1.29 is 19.1 Å². The highest BCUT2D eigenvalue weighted by Gasteiger charge is 2.28. The van der Waals surface area contributed by atoms with Gasteiger partial charge >= 0.3 is 17.8 Å². The number of likely N-dealkylation sites (tertiary alicyclic amines) is 1. The highest BCUT2D eigenvalue weighted by atomic mass is 16.5. The molecule has 1 atom stereocenters. The van der Waals surface area contributed by atoms with Crippen molar-refractivity contribution >= 4 is 23.5 Å². The lowest BCUT2D eigenvalue weighted by atomic mass is 10.0. The van der Waals surface area contributed by atoms with Crippen molar-refractivity contribution in [3.8, 4) is 0 Å². The quantitative estimate of drug-likeness (QED) is 0.668. The van der Waals surface area contributed by atoms with Crippen LogP contribution in [0.3, 0.4) is 0 Å². The molecule has 1 N–H and O–H groups in total. The molecule has 0 aromatic heterocycles. The molecule has 1 heterocycles. The maximum atomic E-state index is 12.2. The van der Waals surface area contributed by atoms with Gasteiger partial charge in [-0.3, -0.25) is 9.59 Å². The Bertz CT molecular complexity index is 568. The van der Waals surface area contributed by atoms with Gasteiger partial charge < -0.3 is 15.0 Å². The average Bonchev–Trinajstić information content (AvgIpc) is 2.54. The molecule has 0 spiro atoms. The molecule has 0 aliphatic carbocycles. The first-order valence-corrected chi connectivity index (χ1v) is 7.33. The molecule has 2 rings (SSSR count). The Kier molecular flexibility index (Phi) is 5.14. The Labute approximate surface area is 129 Å². The van der Waals surface area contributed by atoms with E-state index < -0.39 is 17.8 Å². The first-order chi connectivity index (χ1) is 10.5. The molecule has 1 saturated heterocycles. The summed E-state index contributed by atoms with van der Waals surface area (Å²) >= 11 is 0. The predicted molar refractivity (Wildman–Crippen MR) is 81.4 cm³/mol. The Balaban J connectivity index is 1.99. The summed E-state index contributed by atoms with van der Waals surface area (Å²) in [7, 11) is 1.30. The summed E-state index contributed by atoms with van der Waals surface area (Å²) in [5.74, 6) is -1.61. The summed E-state index contributed by atoms with van der Waals surface area (Å²) in [5.41, 5.74) is 0.854. The van der Waals surface area contributed by atoms with Crippen molar-refractivity contribution in [3.05, 3.63) is 29.8 Å². The number of ether oxygens (including phenoxy) is 1. The van der Waals surface area contributed by atoms with Crippen LogP contribution in [0.5, 0.6) is 0 Å². The third-order valence-corrected chi connectivity index (χ3v) is 3.82. The fourth-order valence-electron chi connectivity index (χ4n) is 2.52. The average molecular weight is 304 g/mol. The minimum atomic E-state index is -0.653. The second-order valence-corrected chi connectivity index (χ2v) is 5.37. The number of hydrogen-bond acceptors (Lipinski definition) is 4.